The Bertz CT molecular complexity index is 81.0. The van der Waals surface area contributed by atoms with E-state index in [2.05, 4.69) is 20.8 Å². The van der Waals surface area contributed by atoms with Crippen molar-refractivity contribution in [1.82, 2.24) is 0 Å². The first kappa shape index (κ1) is 12.0. The van der Waals surface area contributed by atoms with Crippen molar-refractivity contribution in [2.24, 2.45) is 11.8 Å². The molecule has 1 N–H and O–H groups in total. The molecule has 0 aliphatic heterocycles. The molecule has 1 nitrogen and oxygen atoms in total. The summed E-state index contributed by atoms with van der Waals surface area (Å²) in [7, 11) is 0. The molecule has 0 aromatic rings. The average Bonchev–Trinajstić information content (AvgIpc) is 2.07. The average molecular weight is 172 g/mol. The quantitative estimate of drug-likeness (QED) is 0.625. The maximum absolute atomic E-state index is 9.15. The van der Waals surface area contributed by atoms with E-state index in [-0.39, 0.29) is 0 Å². The number of aliphatic hydroxyl groups excluding tert-OH is 1. The third-order valence-corrected chi connectivity index (χ3v) is 2.74. The van der Waals surface area contributed by atoms with Crippen molar-refractivity contribution in [3.8, 4) is 0 Å². The van der Waals surface area contributed by atoms with Crippen molar-refractivity contribution in [2.75, 3.05) is 6.61 Å². The maximum Gasteiger partial charge on any atom is 0.0461 e. The summed E-state index contributed by atoms with van der Waals surface area (Å²) in [6, 6.07) is 0. The maximum atomic E-state index is 9.15. The fourth-order valence-corrected chi connectivity index (χ4v) is 1.97. The van der Waals surface area contributed by atoms with Crippen LogP contribution in [0.4, 0.5) is 0 Å². The molecule has 0 aliphatic carbocycles. The van der Waals surface area contributed by atoms with Crippen LogP contribution < -0.4 is 0 Å². The minimum Gasteiger partial charge on any atom is -0.396 e. The van der Waals surface area contributed by atoms with Crippen LogP contribution >= 0.6 is 0 Å². The second-order valence-corrected chi connectivity index (χ2v) is 3.69. The van der Waals surface area contributed by atoms with Gasteiger partial charge in [-0.1, -0.05) is 52.9 Å². The van der Waals surface area contributed by atoms with Crippen LogP contribution in [-0.2, 0) is 0 Å². The lowest BCUT2D eigenvalue weighted by Gasteiger charge is -2.23. The van der Waals surface area contributed by atoms with Gasteiger partial charge in [-0.3, -0.25) is 0 Å². The van der Waals surface area contributed by atoms with E-state index in [0.717, 1.165) is 12.3 Å². The predicted molar refractivity (Wildman–Crippen MR) is 54.2 cm³/mol. The molecule has 0 saturated heterocycles. The van der Waals surface area contributed by atoms with Crippen LogP contribution in [0.5, 0.6) is 0 Å². The molecule has 0 saturated carbocycles. The number of hydrogen-bond donors (Lipinski definition) is 1. The van der Waals surface area contributed by atoms with E-state index >= 15 is 0 Å². The van der Waals surface area contributed by atoms with Crippen molar-refractivity contribution in [3.05, 3.63) is 0 Å². The highest BCUT2D eigenvalue weighted by Gasteiger charge is 2.16. The van der Waals surface area contributed by atoms with E-state index in [4.69, 9.17) is 5.11 Å². The monoisotopic (exact) mass is 172 g/mol. The zero-order valence-corrected chi connectivity index (χ0v) is 8.84. The van der Waals surface area contributed by atoms with E-state index in [9.17, 15) is 0 Å². The van der Waals surface area contributed by atoms with Gasteiger partial charge in [0.2, 0.25) is 0 Å². The van der Waals surface area contributed by atoms with Crippen molar-refractivity contribution in [3.63, 3.8) is 0 Å². The predicted octanol–water partition coefficient (Wildman–Crippen LogP) is 3.22. The van der Waals surface area contributed by atoms with Gasteiger partial charge in [0.05, 0.1) is 0 Å². The zero-order chi connectivity index (χ0) is 9.40. The van der Waals surface area contributed by atoms with Crippen LogP contribution in [0.2, 0.25) is 0 Å². The van der Waals surface area contributed by atoms with Crippen LogP contribution in [0.1, 0.15) is 52.9 Å². The Morgan fingerprint density at radius 3 is 1.67 bits per heavy atom. The van der Waals surface area contributed by atoms with Gasteiger partial charge in [0.1, 0.15) is 0 Å². The molecule has 0 bridgehead atoms. The van der Waals surface area contributed by atoms with E-state index in [1.54, 1.807) is 0 Å². The summed E-state index contributed by atoms with van der Waals surface area (Å²) in [6.45, 7) is 7.01. The van der Waals surface area contributed by atoms with Crippen LogP contribution in [0.3, 0.4) is 0 Å². The van der Waals surface area contributed by atoms with Crippen molar-refractivity contribution < 1.29 is 5.11 Å². The molecular formula is C11H24O. The Morgan fingerprint density at radius 1 is 0.917 bits per heavy atom. The number of hydrogen-bond acceptors (Lipinski definition) is 1. The molecule has 12 heavy (non-hydrogen) atoms. The van der Waals surface area contributed by atoms with Crippen LogP contribution in [0, 0.1) is 11.8 Å². The van der Waals surface area contributed by atoms with Gasteiger partial charge in [-0.05, 0) is 11.8 Å². The highest BCUT2D eigenvalue weighted by molar-refractivity contribution is 4.67. The summed E-state index contributed by atoms with van der Waals surface area (Å²) in [5.74, 6) is 1.31. The van der Waals surface area contributed by atoms with Gasteiger partial charge >= 0.3 is 0 Å². The standard InChI is InChI=1S/C11H24O/c1-4-7-11(8-5-2)10(6-3)9-12/h10-12H,4-9H2,1-3H3. The fraction of sp³-hybridized carbons (Fsp3) is 1.00. The van der Waals surface area contributed by atoms with Gasteiger partial charge in [-0.15, -0.1) is 0 Å². The first-order valence-electron chi connectivity index (χ1n) is 5.40. The van der Waals surface area contributed by atoms with E-state index < -0.39 is 0 Å². The first-order chi connectivity index (χ1) is 5.79. The Balaban J connectivity index is 3.86. The highest BCUT2D eigenvalue weighted by Crippen LogP contribution is 2.24. The number of aliphatic hydroxyl groups is 1. The fourth-order valence-electron chi connectivity index (χ4n) is 1.97. The summed E-state index contributed by atoms with van der Waals surface area (Å²) in [5.41, 5.74) is 0. The van der Waals surface area contributed by atoms with Crippen molar-refractivity contribution in [1.29, 1.82) is 0 Å². The lowest BCUT2D eigenvalue weighted by molar-refractivity contribution is 0.157. The molecular weight excluding hydrogens is 148 g/mol. The van der Waals surface area contributed by atoms with Crippen LogP contribution in [0.25, 0.3) is 0 Å². The SMILES string of the molecule is CCCC(CCC)C(CC)CO. The van der Waals surface area contributed by atoms with E-state index in [1.807, 2.05) is 0 Å². The van der Waals surface area contributed by atoms with Crippen LogP contribution in [-0.4, -0.2) is 11.7 Å². The van der Waals surface area contributed by atoms with Gasteiger partial charge in [-0.2, -0.15) is 0 Å². The minimum atomic E-state index is 0.376. The van der Waals surface area contributed by atoms with Gasteiger partial charge in [-0.25, -0.2) is 0 Å². The molecule has 0 radical (unpaired) electrons. The third kappa shape index (κ3) is 4.10. The first-order valence-corrected chi connectivity index (χ1v) is 5.40. The van der Waals surface area contributed by atoms with Crippen molar-refractivity contribution in [2.45, 2.75) is 52.9 Å². The summed E-state index contributed by atoms with van der Waals surface area (Å²) < 4.78 is 0. The van der Waals surface area contributed by atoms with Gasteiger partial charge in [0.15, 0.2) is 0 Å². The smallest absolute Gasteiger partial charge is 0.0461 e. The molecule has 0 aromatic heterocycles. The molecule has 74 valence electrons. The summed E-state index contributed by atoms with van der Waals surface area (Å²) in [5, 5.41) is 9.15. The minimum absolute atomic E-state index is 0.376. The van der Waals surface area contributed by atoms with E-state index in [0.29, 0.717) is 12.5 Å². The van der Waals surface area contributed by atoms with E-state index in [1.165, 1.54) is 25.7 Å². The lowest BCUT2D eigenvalue weighted by Crippen LogP contribution is -2.17. The summed E-state index contributed by atoms with van der Waals surface area (Å²) in [4.78, 5) is 0. The van der Waals surface area contributed by atoms with Crippen LogP contribution in [0.15, 0.2) is 0 Å². The number of rotatable bonds is 7. The second-order valence-electron chi connectivity index (χ2n) is 3.69. The lowest BCUT2D eigenvalue weighted by atomic mass is 9.84. The molecule has 0 aliphatic rings. The molecule has 1 heteroatoms. The molecule has 0 aromatic carbocycles. The largest absolute Gasteiger partial charge is 0.396 e. The third-order valence-electron chi connectivity index (χ3n) is 2.74. The second kappa shape index (κ2) is 7.60. The van der Waals surface area contributed by atoms with Crippen molar-refractivity contribution >= 4 is 0 Å². The zero-order valence-electron chi connectivity index (χ0n) is 8.84. The normalized spacial score (nSPS) is 13.8. The van der Waals surface area contributed by atoms with Gasteiger partial charge in [0, 0.05) is 6.61 Å². The summed E-state index contributed by atoms with van der Waals surface area (Å²) in [6.07, 6.45) is 6.20. The molecule has 1 unspecified atom stereocenters. The topological polar surface area (TPSA) is 20.2 Å². The Labute approximate surface area is 77.2 Å². The molecule has 0 fully saturated rings. The molecule has 1 atom stereocenters. The summed E-state index contributed by atoms with van der Waals surface area (Å²) >= 11 is 0. The van der Waals surface area contributed by atoms with Gasteiger partial charge in [0.25, 0.3) is 0 Å². The Morgan fingerprint density at radius 2 is 1.42 bits per heavy atom. The Kier molecular flexibility index (Phi) is 7.58. The molecule has 0 amide bonds. The Hall–Kier alpha value is -0.0400. The highest BCUT2D eigenvalue weighted by atomic mass is 16.3. The van der Waals surface area contributed by atoms with Gasteiger partial charge < -0.3 is 5.11 Å². The molecule has 0 rings (SSSR count). The molecule has 0 spiro atoms. The molecule has 0 heterocycles.